The summed E-state index contributed by atoms with van der Waals surface area (Å²) in [4.78, 5) is 16.9. The normalized spacial score (nSPS) is 15.2. The minimum Gasteiger partial charge on any atom is -0.454 e. The smallest absolute Gasteiger partial charge is 0.233 e. The predicted octanol–water partition coefficient (Wildman–Crippen LogP) is 3.31. The van der Waals surface area contributed by atoms with Gasteiger partial charge in [-0.3, -0.25) is 4.79 Å². The van der Waals surface area contributed by atoms with E-state index in [0.717, 1.165) is 54.0 Å². The van der Waals surface area contributed by atoms with E-state index in [2.05, 4.69) is 27.2 Å². The molecule has 3 aromatic rings. The molecule has 0 radical (unpaired) electrons. The maximum atomic E-state index is 12.6. The summed E-state index contributed by atoms with van der Waals surface area (Å²) in [5.74, 6) is 1.96. The van der Waals surface area contributed by atoms with Crippen LogP contribution in [0, 0.1) is 0 Å². The van der Waals surface area contributed by atoms with Gasteiger partial charge in [-0.2, -0.15) is 0 Å². The number of para-hydroxylation sites is 1. The summed E-state index contributed by atoms with van der Waals surface area (Å²) in [5.41, 5.74) is 2.88. The molecule has 2 aliphatic rings. The molecule has 0 aliphatic carbocycles. The van der Waals surface area contributed by atoms with Crippen LogP contribution in [0.5, 0.6) is 11.5 Å². The number of thioether (sulfide) groups is 1. The van der Waals surface area contributed by atoms with E-state index in [4.69, 9.17) is 9.47 Å². The summed E-state index contributed by atoms with van der Waals surface area (Å²) in [5, 5.41) is 9.33. The second-order valence-corrected chi connectivity index (χ2v) is 8.31. The number of piperazine rings is 1. The molecule has 8 heteroatoms. The van der Waals surface area contributed by atoms with E-state index in [-0.39, 0.29) is 12.7 Å². The molecule has 7 nitrogen and oxygen atoms in total. The van der Waals surface area contributed by atoms with Crippen molar-refractivity contribution in [2.24, 2.45) is 0 Å². The van der Waals surface area contributed by atoms with Crippen molar-refractivity contribution in [2.75, 3.05) is 43.6 Å². The maximum Gasteiger partial charge on any atom is 0.233 e. The number of carbonyl (C=O) groups excluding carboxylic acids is 1. The van der Waals surface area contributed by atoms with Gasteiger partial charge < -0.3 is 19.3 Å². The van der Waals surface area contributed by atoms with Crippen molar-refractivity contribution in [1.82, 2.24) is 15.1 Å². The van der Waals surface area contributed by atoms with Crippen molar-refractivity contribution in [3.63, 3.8) is 0 Å². The summed E-state index contributed by atoms with van der Waals surface area (Å²) < 4.78 is 10.8. The van der Waals surface area contributed by atoms with Crippen LogP contribution < -0.4 is 14.4 Å². The number of nitrogens with zero attached hydrogens (tertiary/aromatic N) is 4. The van der Waals surface area contributed by atoms with Crippen LogP contribution in [-0.4, -0.2) is 59.7 Å². The molecule has 2 aromatic carbocycles. The van der Waals surface area contributed by atoms with Crippen molar-refractivity contribution in [3.8, 4) is 22.8 Å². The quantitative estimate of drug-likeness (QED) is 0.571. The van der Waals surface area contributed by atoms with E-state index in [9.17, 15) is 4.79 Å². The topological polar surface area (TPSA) is 67.8 Å². The molecular formula is C23H22N4O3S. The molecule has 0 bridgehead atoms. The van der Waals surface area contributed by atoms with E-state index in [0.29, 0.717) is 5.75 Å². The Kier molecular flexibility index (Phi) is 5.62. The highest BCUT2D eigenvalue weighted by Gasteiger charge is 2.21. The van der Waals surface area contributed by atoms with Crippen LogP contribution in [0.3, 0.4) is 0 Å². The molecule has 1 fully saturated rings. The molecule has 5 rings (SSSR count). The van der Waals surface area contributed by atoms with E-state index in [1.165, 1.54) is 17.4 Å². The van der Waals surface area contributed by atoms with Gasteiger partial charge in [-0.1, -0.05) is 30.0 Å². The number of aromatic nitrogens is 2. The minimum atomic E-state index is 0.138. The Bertz CT molecular complexity index is 1050. The molecule has 2 aliphatic heterocycles. The lowest BCUT2D eigenvalue weighted by atomic mass is 10.1. The molecule has 0 N–H and O–H groups in total. The van der Waals surface area contributed by atoms with E-state index in [1.54, 1.807) is 0 Å². The van der Waals surface area contributed by atoms with Gasteiger partial charge in [0, 0.05) is 37.4 Å². The first-order valence-corrected chi connectivity index (χ1v) is 11.2. The third-order valence-electron chi connectivity index (χ3n) is 5.41. The van der Waals surface area contributed by atoms with Gasteiger partial charge in [0.15, 0.2) is 11.5 Å². The summed E-state index contributed by atoms with van der Waals surface area (Å²) in [6.45, 7) is 3.43. The number of rotatable bonds is 5. The van der Waals surface area contributed by atoms with Crippen molar-refractivity contribution in [1.29, 1.82) is 0 Å². The Morgan fingerprint density at radius 3 is 2.48 bits per heavy atom. The zero-order valence-electron chi connectivity index (χ0n) is 16.9. The Hall–Kier alpha value is -3.26. The second-order valence-electron chi connectivity index (χ2n) is 7.32. The molecule has 1 saturated heterocycles. The minimum absolute atomic E-state index is 0.138. The number of anilines is 1. The molecule has 0 spiro atoms. The predicted molar refractivity (Wildman–Crippen MR) is 120 cm³/mol. The zero-order chi connectivity index (χ0) is 21.0. The van der Waals surface area contributed by atoms with Crippen LogP contribution in [0.4, 0.5) is 5.69 Å². The first-order valence-electron chi connectivity index (χ1n) is 10.2. The van der Waals surface area contributed by atoms with Gasteiger partial charge in [-0.05, 0) is 42.5 Å². The monoisotopic (exact) mass is 434 g/mol. The number of carbonyl (C=O) groups is 1. The lowest BCUT2D eigenvalue weighted by Crippen LogP contribution is -2.49. The average molecular weight is 435 g/mol. The summed E-state index contributed by atoms with van der Waals surface area (Å²) in [7, 11) is 0. The first-order chi connectivity index (χ1) is 15.3. The third-order valence-corrected chi connectivity index (χ3v) is 6.31. The number of amides is 1. The molecule has 31 heavy (non-hydrogen) atoms. The van der Waals surface area contributed by atoms with Gasteiger partial charge >= 0.3 is 0 Å². The highest BCUT2D eigenvalue weighted by Crippen LogP contribution is 2.35. The number of hydrogen-bond acceptors (Lipinski definition) is 7. The third kappa shape index (κ3) is 4.44. The van der Waals surface area contributed by atoms with Gasteiger partial charge in [0.2, 0.25) is 12.7 Å². The van der Waals surface area contributed by atoms with Crippen LogP contribution in [0.15, 0.2) is 65.7 Å². The molecular weight excluding hydrogens is 412 g/mol. The number of benzene rings is 2. The Labute approximate surface area is 185 Å². The number of fused-ring (bicyclic) bond motifs is 1. The van der Waals surface area contributed by atoms with Crippen LogP contribution in [0.2, 0.25) is 0 Å². The summed E-state index contributed by atoms with van der Waals surface area (Å²) >= 11 is 1.42. The second kappa shape index (κ2) is 8.85. The van der Waals surface area contributed by atoms with Crippen molar-refractivity contribution < 1.29 is 14.3 Å². The summed E-state index contributed by atoms with van der Waals surface area (Å²) in [6, 6.07) is 19.8. The van der Waals surface area contributed by atoms with Crippen LogP contribution >= 0.6 is 11.8 Å². The molecule has 0 saturated carbocycles. The number of hydrogen-bond donors (Lipinski definition) is 0. The van der Waals surface area contributed by atoms with Gasteiger partial charge in [-0.15, -0.1) is 10.2 Å². The fraction of sp³-hybridized carbons (Fsp3) is 0.261. The average Bonchev–Trinajstić information content (AvgIpc) is 3.31. The number of ether oxygens (including phenoxy) is 2. The van der Waals surface area contributed by atoms with Gasteiger partial charge in [0.05, 0.1) is 11.4 Å². The lowest BCUT2D eigenvalue weighted by molar-refractivity contribution is -0.128. The maximum absolute atomic E-state index is 12.6. The molecule has 158 valence electrons. The van der Waals surface area contributed by atoms with Gasteiger partial charge in [0.25, 0.3) is 0 Å². The summed E-state index contributed by atoms with van der Waals surface area (Å²) in [6.07, 6.45) is 0. The van der Waals surface area contributed by atoms with Crippen LogP contribution in [0.25, 0.3) is 11.3 Å². The van der Waals surface area contributed by atoms with Gasteiger partial charge in [0.1, 0.15) is 5.03 Å². The SMILES string of the molecule is O=C(CSc1ccc(-c2ccc3c(c2)OCO3)nn1)N1CCN(c2ccccc2)CC1. The van der Waals surface area contributed by atoms with Crippen molar-refractivity contribution in [3.05, 3.63) is 60.7 Å². The Morgan fingerprint density at radius 2 is 1.71 bits per heavy atom. The van der Waals surface area contributed by atoms with Crippen LogP contribution in [-0.2, 0) is 4.79 Å². The van der Waals surface area contributed by atoms with E-state index in [1.807, 2.05) is 53.4 Å². The zero-order valence-corrected chi connectivity index (χ0v) is 17.8. The molecule has 1 amide bonds. The highest BCUT2D eigenvalue weighted by atomic mass is 32.2. The molecule has 1 aromatic heterocycles. The fourth-order valence-electron chi connectivity index (χ4n) is 3.69. The standard InChI is InChI=1S/C23H22N4O3S/c28-23(27-12-10-26(11-13-27)18-4-2-1-3-5-18)15-31-22-9-7-19(24-25-22)17-6-8-20-21(14-17)30-16-29-20/h1-9,14H,10-13,15-16H2. The van der Waals surface area contributed by atoms with Gasteiger partial charge in [-0.25, -0.2) is 0 Å². The Morgan fingerprint density at radius 1 is 0.903 bits per heavy atom. The molecule has 3 heterocycles. The van der Waals surface area contributed by atoms with Crippen molar-refractivity contribution >= 4 is 23.4 Å². The van der Waals surface area contributed by atoms with Crippen LogP contribution in [0.1, 0.15) is 0 Å². The largest absolute Gasteiger partial charge is 0.454 e. The highest BCUT2D eigenvalue weighted by molar-refractivity contribution is 7.99. The lowest BCUT2D eigenvalue weighted by Gasteiger charge is -2.36. The van der Waals surface area contributed by atoms with E-state index < -0.39 is 0 Å². The van der Waals surface area contributed by atoms with Crippen molar-refractivity contribution in [2.45, 2.75) is 5.03 Å². The fourth-order valence-corrected chi connectivity index (χ4v) is 4.40. The molecule has 0 unspecified atom stereocenters. The molecule has 0 atom stereocenters. The first kappa shape index (κ1) is 19.7. The van der Waals surface area contributed by atoms with E-state index >= 15 is 0 Å². The Balaban J connectivity index is 1.13.